The van der Waals surface area contributed by atoms with Crippen LogP contribution in [0.15, 0.2) is 41.1 Å². The molecule has 21 heavy (non-hydrogen) atoms. The number of pyridine rings is 1. The van der Waals surface area contributed by atoms with Crippen LogP contribution >= 0.6 is 15.9 Å². The van der Waals surface area contributed by atoms with E-state index >= 15 is 0 Å². The van der Waals surface area contributed by atoms with Gasteiger partial charge in [0.15, 0.2) is 0 Å². The Balaban J connectivity index is 2.35. The zero-order chi connectivity index (χ0) is 15.4. The number of nitro benzene ring substituents is 1. The molecule has 0 bridgehead atoms. The number of nitro groups is 1. The first kappa shape index (κ1) is 14.9. The molecule has 0 unspecified atom stereocenters. The van der Waals surface area contributed by atoms with Crippen molar-refractivity contribution in [3.8, 4) is 11.5 Å². The van der Waals surface area contributed by atoms with Crippen LogP contribution in [-0.4, -0.2) is 23.0 Å². The van der Waals surface area contributed by atoms with Crippen molar-refractivity contribution in [2.45, 2.75) is 0 Å². The Morgan fingerprint density at radius 1 is 1.29 bits per heavy atom. The highest BCUT2D eigenvalue weighted by Gasteiger charge is 2.21. The van der Waals surface area contributed by atoms with Crippen molar-refractivity contribution >= 4 is 27.6 Å². The molecule has 0 aliphatic rings. The van der Waals surface area contributed by atoms with Gasteiger partial charge in [-0.25, -0.2) is 9.78 Å². The topological polar surface area (TPSA) is 91.6 Å². The van der Waals surface area contributed by atoms with Crippen molar-refractivity contribution in [1.29, 1.82) is 0 Å². The van der Waals surface area contributed by atoms with E-state index < -0.39 is 10.9 Å². The van der Waals surface area contributed by atoms with E-state index in [0.29, 0.717) is 10.4 Å². The molecule has 7 nitrogen and oxygen atoms in total. The van der Waals surface area contributed by atoms with Crippen molar-refractivity contribution in [2.24, 2.45) is 0 Å². The Morgan fingerprint density at radius 3 is 2.57 bits per heavy atom. The van der Waals surface area contributed by atoms with Gasteiger partial charge in [0.1, 0.15) is 21.7 Å². The first-order valence-electron chi connectivity index (χ1n) is 5.67. The van der Waals surface area contributed by atoms with Gasteiger partial charge in [-0.15, -0.1) is 0 Å². The molecule has 2 aromatic rings. The molecule has 8 heteroatoms. The number of nitrogens with zero attached hydrogens (tertiary/aromatic N) is 2. The number of aromatic nitrogens is 1. The zero-order valence-corrected chi connectivity index (χ0v) is 12.4. The maximum atomic E-state index is 11.6. The molecule has 0 saturated heterocycles. The van der Waals surface area contributed by atoms with E-state index in [1.165, 1.54) is 24.4 Å². The molecule has 0 amide bonds. The lowest BCUT2D eigenvalue weighted by Gasteiger charge is -2.07. The summed E-state index contributed by atoms with van der Waals surface area (Å²) >= 11 is 3.19. The number of esters is 1. The molecule has 0 saturated carbocycles. The highest BCUT2D eigenvalue weighted by molar-refractivity contribution is 9.10. The molecule has 0 spiro atoms. The van der Waals surface area contributed by atoms with E-state index in [0.717, 1.165) is 7.11 Å². The van der Waals surface area contributed by atoms with Gasteiger partial charge < -0.3 is 9.47 Å². The molecule has 1 aromatic heterocycles. The second-order valence-corrected chi connectivity index (χ2v) is 4.66. The van der Waals surface area contributed by atoms with E-state index in [1.54, 1.807) is 12.1 Å². The Morgan fingerprint density at radius 2 is 2.00 bits per heavy atom. The van der Waals surface area contributed by atoms with Crippen LogP contribution in [0.4, 0.5) is 5.69 Å². The van der Waals surface area contributed by atoms with Crippen molar-refractivity contribution in [2.75, 3.05) is 7.11 Å². The van der Waals surface area contributed by atoms with Gasteiger partial charge >= 0.3 is 5.97 Å². The fourth-order valence-electron chi connectivity index (χ4n) is 1.57. The number of ether oxygens (including phenoxy) is 2. The molecule has 0 N–H and O–H groups in total. The van der Waals surface area contributed by atoms with Crippen LogP contribution in [0.2, 0.25) is 0 Å². The van der Waals surface area contributed by atoms with E-state index in [9.17, 15) is 14.9 Å². The lowest BCUT2D eigenvalue weighted by Crippen LogP contribution is -2.05. The minimum atomic E-state index is -0.805. The smallest absolute Gasteiger partial charge is 0.345 e. The summed E-state index contributed by atoms with van der Waals surface area (Å²) in [6.45, 7) is 0. The summed E-state index contributed by atoms with van der Waals surface area (Å²) < 4.78 is 10.7. The van der Waals surface area contributed by atoms with Gasteiger partial charge in [-0.3, -0.25) is 10.1 Å². The van der Waals surface area contributed by atoms with Crippen LogP contribution < -0.4 is 4.74 Å². The number of hydrogen-bond donors (Lipinski definition) is 0. The van der Waals surface area contributed by atoms with Gasteiger partial charge in [0.2, 0.25) is 0 Å². The van der Waals surface area contributed by atoms with Crippen molar-refractivity contribution in [3.05, 3.63) is 56.8 Å². The number of carbonyl (C=O) groups is 1. The molecule has 0 aliphatic carbocycles. The standard InChI is InChI=1S/C13H9BrN2O5/c1-20-13(17)10-6-8(2-4-11(10)16(18)19)21-9-3-5-12(14)15-7-9/h2-7H,1H3. The normalized spacial score (nSPS) is 10.0. The number of halogens is 1. The first-order valence-corrected chi connectivity index (χ1v) is 6.46. The monoisotopic (exact) mass is 352 g/mol. The minimum absolute atomic E-state index is 0.176. The summed E-state index contributed by atoms with van der Waals surface area (Å²) in [5, 5.41) is 10.9. The minimum Gasteiger partial charge on any atom is -0.465 e. The highest BCUT2D eigenvalue weighted by atomic mass is 79.9. The third-order valence-corrected chi connectivity index (χ3v) is 2.98. The van der Waals surface area contributed by atoms with Gasteiger partial charge in [0, 0.05) is 12.1 Å². The second-order valence-electron chi connectivity index (χ2n) is 3.85. The predicted molar refractivity (Wildman–Crippen MR) is 76.4 cm³/mol. The summed E-state index contributed by atoms with van der Waals surface area (Å²) in [6.07, 6.45) is 1.48. The molecule has 1 heterocycles. The summed E-state index contributed by atoms with van der Waals surface area (Å²) in [5.74, 6) is -0.103. The van der Waals surface area contributed by atoms with Gasteiger partial charge in [-0.05, 0) is 34.1 Å². The van der Waals surface area contributed by atoms with Crippen molar-refractivity contribution in [3.63, 3.8) is 0 Å². The maximum absolute atomic E-state index is 11.6. The van der Waals surface area contributed by atoms with Crippen LogP contribution in [-0.2, 0) is 4.74 Å². The summed E-state index contributed by atoms with van der Waals surface area (Å²) in [6, 6.07) is 7.19. The Bertz CT molecular complexity index is 687. The first-order chi connectivity index (χ1) is 10.0. The molecular formula is C13H9BrN2O5. The number of carbonyl (C=O) groups excluding carboxylic acids is 1. The van der Waals surface area contributed by atoms with Crippen LogP contribution in [0.1, 0.15) is 10.4 Å². The van der Waals surface area contributed by atoms with Gasteiger partial charge in [0.05, 0.1) is 18.2 Å². The van der Waals surface area contributed by atoms with E-state index in [2.05, 4.69) is 25.7 Å². The predicted octanol–water partition coefficient (Wildman–Crippen LogP) is 3.33. The SMILES string of the molecule is COC(=O)c1cc(Oc2ccc(Br)nc2)ccc1[N+](=O)[O-]. The number of methoxy groups -OCH3 is 1. The maximum Gasteiger partial charge on any atom is 0.345 e. The highest BCUT2D eigenvalue weighted by Crippen LogP contribution is 2.28. The summed E-state index contributed by atoms with van der Waals surface area (Å²) in [7, 11) is 1.15. The van der Waals surface area contributed by atoms with E-state index in [1.807, 2.05) is 0 Å². The quantitative estimate of drug-likeness (QED) is 0.362. The van der Waals surface area contributed by atoms with E-state index in [-0.39, 0.29) is 17.0 Å². The molecule has 0 aliphatic heterocycles. The third kappa shape index (κ3) is 3.54. The van der Waals surface area contributed by atoms with Crippen LogP contribution in [0.5, 0.6) is 11.5 Å². The van der Waals surface area contributed by atoms with Crippen molar-refractivity contribution < 1.29 is 19.2 Å². The second kappa shape index (κ2) is 6.31. The fraction of sp³-hybridized carbons (Fsp3) is 0.0769. The van der Waals surface area contributed by atoms with Crippen LogP contribution in [0.3, 0.4) is 0 Å². The van der Waals surface area contributed by atoms with Gasteiger partial charge in [-0.2, -0.15) is 0 Å². The van der Waals surface area contributed by atoms with Gasteiger partial charge in [-0.1, -0.05) is 0 Å². The molecule has 0 atom stereocenters. The van der Waals surface area contributed by atoms with Crippen LogP contribution in [0, 0.1) is 10.1 Å². The number of hydrogen-bond acceptors (Lipinski definition) is 6. The lowest BCUT2D eigenvalue weighted by atomic mass is 10.1. The average molecular weight is 353 g/mol. The van der Waals surface area contributed by atoms with Crippen molar-refractivity contribution in [1.82, 2.24) is 4.98 Å². The molecule has 0 fully saturated rings. The number of benzene rings is 1. The zero-order valence-electron chi connectivity index (χ0n) is 10.8. The average Bonchev–Trinajstić information content (AvgIpc) is 2.48. The molecule has 1 aromatic carbocycles. The number of rotatable bonds is 4. The molecule has 0 radical (unpaired) electrons. The Hall–Kier alpha value is -2.48. The lowest BCUT2D eigenvalue weighted by molar-refractivity contribution is -0.385. The molecular weight excluding hydrogens is 344 g/mol. The van der Waals surface area contributed by atoms with Gasteiger partial charge in [0.25, 0.3) is 5.69 Å². The summed E-state index contributed by atoms with van der Waals surface area (Å²) in [4.78, 5) is 25.8. The molecule has 108 valence electrons. The Kier molecular flexibility index (Phi) is 4.49. The largest absolute Gasteiger partial charge is 0.465 e. The molecule has 2 rings (SSSR count). The Labute approximate surface area is 127 Å². The van der Waals surface area contributed by atoms with Crippen LogP contribution in [0.25, 0.3) is 0 Å². The fourth-order valence-corrected chi connectivity index (χ4v) is 1.80. The third-order valence-electron chi connectivity index (χ3n) is 2.51. The summed E-state index contributed by atoms with van der Waals surface area (Å²) in [5.41, 5.74) is -0.520. The van der Waals surface area contributed by atoms with E-state index in [4.69, 9.17) is 4.74 Å².